The minimum absolute atomic E-state index is 0. The van der Waals surface area contributed by atoms with Crippen molar-refractivity contribution in [2.45, 2.75) is 5.92 Å². The molecule has 4 nitrogen and oxygen atoms in total. The van der Waals surface area contributed by atoms with Gasteiger partial charge < -0.3 is 14.6 Å². The van der Waals surface area contributed by atoms with Crippen LogP contribution >= 0.6 is 0 Å². The Kier molecular flexibility index (Phi) is 9.47. The van der Waals surface area contributed by atoms with E-state index < -0.39 is 8.07 Å². The minimum Gasteiger partial charge on any atom is -0.503 e. The first-order valence-corrected chi connectivity index (χ1v) is 21.6. The second-order valence-electron chi connectivity index (χ2n) is 14.7. The van der Waals surface area contributed by atoms with E-state index in [2.05, 4.69) is 174 Å². The van der Waals surface area contributed by atoms with Crippen LogP contribution in [-0.4, -0.2) is 18.0 Å². The molecule has 0 bridgehead atoms. The van der Waals surface area contributed by atoms with Crippen LogP contribution in [0.3, 0.4) is 0 Å². The number of benzene rings is 7. The number of hydrogen-bond acceptors (Lipinski definition) is 4. The van der Waals surface area contributed by atoms with Crippen LogP contribution in [0.5, 0.6) is 11.5 Å². The summed E-state index contributed by atoms with van der Waals surface area (Å²) in [6, 6.07) is 76.6. The number of fused-ring (bicyclic) bond motifs is 6. The van der Waals surface area contributed by atoms with E-state index in [9.17, 15) is 0 Å². The molecular weight excluding hydrogens is 829 g/mol. The molecule has 0 fully saturated rings. The van der Waals surface area contributed by atoms with Gasteiger partial charge in [0.25, 0.3) is 0 Å². The molecule has 2 aliphatic rings. The van der Waals surface area contributed by atoms with Crippen LogP contribution in [0.1, 0.15) is 22.6 Å². The summed E-state index contributed by atoms with van der Waals surface area (Å²) in [6.45, 7) is 0. The normalized spacial score (nSPS) is 14.2. The van der Waals surface area contributed by atoms with Crippen LogP contribution < -0.4 is 30.4 Å². The standard InChI is InChI=1S/C53H35N3OSi.Pd/c1-4-17-37(18-5-1)51-43-25-10-11-26-44(43)52-45(51)30-32-49-53(52)56(50-28-13-15-34-55-50)47-36-40(57-39-20-16-19-38(35-39)46-27-12-14-33-54-46)29-31-48(47)58(49,41-21-6-2-7-22-41)42-23-8-3-9-24-42;/h1-34,51H;/q-2;+2. The zero-order valence-corrected chi connectivity index (χ0v) is 34.3. The Morgan fingerprint density at radius 2 is 1.15 bits per heavy atom. The fourth-order valence-corrected chi connectivity index (χ4v) is 14.3. The third-order valence-corrected chi connectivity index (χ3v) is 16.4. The van der Waals surface area contributed by atoms with Crippen molar-refractivity contribution in [3.8, 4) is 33.9 Å². The number of ether oxygens (including phenoxy) is 1. The monoisotopic (exact) mass is 863 g/mol. The molecule has 3 heterocycles. The maximum atomic E-state index is 6.71. The predicted octanol–water partition coefficient (Wildman–Crippen LogP) is 9.85. The van der Waals surface area contributed by atoms with Gasteiger partial charge in [-0.15, -0.1) is 41.1 Å². The number of pyridine rings is 2. The van der Waals surface area contributed by atoms with Gasteiger partial charge in [0, 0.05) is 35.4 Å². The molecule has 1 unspecified atom stereocenters. The zero-order chi connectivity index (χ0) is 38.5. The summed E-state index contributed by atoms with van der Waals surface area (Å²) in [6.07, 6.45) is 3.68. The van der Waals surface area contributed by atoms with Crippen molar-refractivity contribution in [1.82, 2.24) is 9.97 Å². The van der Waals surface area contributed by atoms with Crippen molar-refractivity contribution in [1.29, 1.82) is 0 Å². The second-order valence-corrected chi connectivity index (χ2v) is 18.4. The summed E-state index contributed by atoms with van der Waals surface area (Å²) < 4.78 is 6.71. The molecule has 0 amide bonds. The molecule has 9 aromatic rings. The Labute approximate surface area is 359 Å². The Morgan fingerprint density at radius 1 is 0.508 bits per heavy atom. The van der Waals surface area contributed by atoms with Crippen molar-refractivity contribution >= 4 is 46.0 Å². The van der Waals surface area contributed by atoms with Crippen molar-refractivity contribution in [3.05, 3.63) is 235 Å². The number of anilines is 3. The third-order valence-electron chi connectivity index (χ3n) is 11.6. The molecule has 2 aromatic heterocycles. The molecule has 6 heteroatoms. The number of nitrogens with zero attached hydrogens (tertiary/aromatic N) is 3. The van der Waals surface area contributed by atoms with Crippen LogP contribution in [0.4, 0.5) is 17.2 Å². The van der Waals surface area contributed by atoms with Crippen molar-refractivity contribution in [2.75, 3.05) is 4.90 Å². The van der Waals surface area contributed by atoms with E-state index in [4.69, 9.17) is 9.72 Å². The van der Waals surface area contributed by atoms with Crippen LogP contribution in [0.25, 0.3) is 22.4 Å². The summed E-state index contributed by atoms with van der Waals surface area (Å²) in [7, 11) is -3.06. The van der Waals surface area contributed by atoms with E-state index in [1.54, 1.807) is 6.20 Å². The average Bonchev–Trinajstić information content (AvgIpc) is 3.64. The number of rotatable bonds is 7. The summed E-state index contributed by atoms with van der Waals surface area (Å²) in [5.41, 5.74) is 10.1. The number of aromatic nitrogens is 2. The van der Waals surface area contributed by atoms with E-state index in [0.717, 1.165) is 28.5 Å². The van der Waals surface area contributed by atoms with Crippen LogP contribution in [0.15, 0.2) is 207 Å². The Balaban J connectivity index is 0.00000420. The van der Waals surface area contributed by atoms with Gasteiger partial charge in [-0.05, 0) is 51.3 Å². The summed E-state index contributed by atoms with van der Waals surface area (Å²) >= 11 is 0. The summed E-state index contributed by atoms with van der Waals surface area (Å²) in [4.78, 5) is 12.0. The van der Waals surface area contributed by atoms with Gasteiger partial charge >= 0.3 is 20.4 Å². The first-order valence-electron chi connectivity index (χ1n) is 19.6. The smallest absolute Gasteiger partial charge is 0.503 e. The first kappa shape index (κ1) is 36.6. The largest absolute Gasteiger partial charge is 2.00 e. The van der Waals surface area contributed by atoms with E-state index in [0.29, 0.717) is 11.5 Å². The predicted molar refractivity (Wildman–Crippen MR) is 236 cm³/mol. The minimum atomic E-state index is -3.06. The summed E-state index contributed by atoms with van der Waals surface area (Å²) in [5, 5.41) is 5.12. The van der Waals surface area contributed by atoms with Crippen LogP contribution in [-0.2, 0) is 20.4 Å². The van der Waals surface area contributed by atoms with Gasteiger partial charge in [0.2, 0.25) is 0 Å². The molecule has 0 N–H and O–H groups in total. The van der Waals surface area contributed by atoms with Gasteiger partial charge in [-0.25, -0.2) is 4.98 Å². The molecule has 11 rings (SSSR count). The molecule has 282 valence electrons. The van der Waals surface area contributed by atoms with Crippen molar-refractivity contribution in [2.24, 2.45) is 0 Å². The van der Waals surface area contributed by atoms with Gasteiger partial charge in [-0.3, -0.25) is 0 Å². The fourth-order valence-electron chi connectivity index (χ4n) is 9.25. The topological polar surface area (TPSA) is 38.2 Å². The van der Waals surface area contributed by atoms with Crippen LogP contribution in [0, 0.1) is 12.1 Å². The molecular formula is C53H35N3OPdSi. The van der Waals surface area contributed by atoms with Gasteiger partial charge in [-0.2, -0.15) is 6.07 Å². The van der Waals surface area contributed by atoms with Gasteiger partial charge in [0.1, 0.15) is 13.9 Å². The maximum absolute atomic E-state index is 6.71. The molecule has 1 aliphatic carbocycles. The molecule has 1 aliphatic heterocycles. The van der Waals surface area contributed by atoms with Crippen LogP contribution in [0.2, 0.25) is 0 Å². The molecule has 0 saturated heterocycles. The second kappa shape index (κ2) is 15.2. The quantitative estimate of drug-likeness (QED) is 0.118. The molecule has 7 aromatic carbocycles. The van der Waals surface area contributed by atoms with E-state index in [1.165, 1.54) is 48.6 Å². The van der Waals surface area contributed by atoms with E-state index in [-0.39, 0.29) is 26.3 Å². The molecule has 0 saturated carbocycles. The number of hydrogen-bond donors (Lipinski definition) is 0. The van der Waals surface area contributed by atoms with Crippen molar-refractivity contribution < 1.29 is 25.2 Å². The van der Waals surface area contributed by atoms with Gasteiger partial charge in [-0.1, -0.05) is 168 Å². The zero-order valence-electron chi connectivity index (χ0n) is 31.8. The average molecular weight is 864 g/mol. The Morgan fingerprint density at radius 3 is 1.86 bits per heavy atom. The maximum Gasteiger partial charge on any atom is 2.00 e. The molecule has 1 atom stereocenters. The van der Waals surface area contributed by atoms with Crippen molar-refractivity contribution in [3.63, 3.8) is 0 Å². The van der Waals surface area contributed by atoms with E-state index in [1.807, 2.05) is 48.7 Å². The molecule has 0 spiro atoms. The third kappa shape index (κ3) is 5.99. The molecule has 59 heavy (non-hydrogen) atoms. The van der Waals surface area contributed by atoms with Gasteiger partial charge in [0.15, 0.2) is 0 Å². The first-order chi connectivity index (χ1) is 28.8. The Hall–Kier alpha value is -6.68. The van der Waals surface area contributed by atoms with Gasteiger partial charge in [0.05, 0.1) is 5.69 Å². The summed E-state index contributed by atoms with van der Waals surface area (Å²) in [5.74, 6) is 2.08. The molecule has 0 radical (unpaired) electrons. The fraction of sp³-hybridized carbons (Fsp3) is 0.0189. The Bertz CT molecular complexity index is 2890. The van der Waals surface area contributed by atoms with E-state index >= 15 is 0 Å². The SMILES string of the molecule is [Pd+2].[c-]1c(Oc2[c-]c3c(cc2)[Si](c2ccccc2)(c2ccccc2)c2ccc4c(c2N3c2ccccn2)-c2ccccc2C4c2ccccc2)cccc1-c1ccccn1.